The highest BCUT2D eigenvalue weighted by atomic mass is 79.9. The van der Waals surface area contributed by atoms with Gasteiger partial charge in [0, 0.05) is 35.9 Å². The molecule has 2 aromatic rings. The molecule has 0 spiro atoms. The highest BCUT2D eigenvalue weighted by Gasteiger charge is 2.30. The molecule has 184 valence electrons. The Morgan fingerprint density at radius 1 is 1.20 bits per heavy atom. The average molecular weight is 560 g/mol. The van der Waals surface area contributed by atoms with Crippen LogP contribution in [0.1, 0.15) is 12.5 Å². The van der Waals surface area contributed by atoms with Gasteiger partial charge in [-0.2, -0.15) is 0 Å². The molecule has 35 heavy (non-hydrogen) atoms. The van der Waals surface area contributed by atoms with Crippen LogP contribution in [0.25, 0.3) is 6.08 Å². The SMILES string of the molecule is CCOC(=O)COc1ccc(Br)cc1/C=C1\SC(=Nc2ccc(N3CCOCC3)cc2)N(C)C1=O. The Hall–Kier alpha value is -2.82. The Morgan fingerprint density at radius 2 is 1.94 bits per heavy atom. The van der Waals surface area contributed by atoms with Gasteiger partial charge < -0.3 is 19.1 Å². The molecule has 0 atom stereocenters. The minimum Gasteiger partial charge on any atom is -0.481 e. The number of thioether (sulfide) groups is 1. The number of hydrogen-bond acceptors (Lipinski definition) is 8. The van der Waals surface area contributed by atoms with Gasteiger partial charge in [0.15, 0.2) is 11.8 Å². The van der Waals surface area contributed by atoms with Crippen LogP contribution in [0.2, 0.25) is 0 Å². The van der Waals surface area contributed by atoms with E-state index in [9.17, 15) is 9.59 Å². The van der Waals surface area contributed by atoms with E-state index in [1.165, 1.54) is 16.7 Å². The van der Waals surface area contributed by atoms with Gasteiger partial charge in [0.2, 0.25) is 0 Å². The summed E-state index contributed by atoms with van der Waals surface area (Å²) in [7, 11) is 1.70. The number of benzene rings is 2. The maximum atomic E-state index is 12.9. The number of ether oxygens (including phenoxy) is 3. The Morgan fingerprint density at radius 3 is 2.66 bits per heavy atom. The lowest BCUT2D eigenvalue weighted by Crippen LogP contribution is -2.36. The van der Waals surface area contributed by atoms with Crippen LogP contribution in [0, 0.1) is 0 Å². The van der Waals surface area contributed by atoms with E-state index in [1.807, 2.05) is 36.4 Å². The molecule has 0 bridgehead atoms. The number of likely N-dealkylation sites (N-methyl/N-ethyl adjacent to an activating group) is 1. The van der Waals surface area contributed by atoms with Crippen LogP contribution in [0.15, 0.2) is 56.8 Å². The molecule has 0 unspecified atom stereocenters. The fraction of sp³-hybridized carbons (Fsp3) is 0.320. The van der Waals surface area contributed by atoms with Gasteiger partial charge in [-0.25, -0.2) is 9.79 Å². The van der Waals surface area contributed by atoms with Gasteiger partial charge in [-0.15, -0.1) is 0 Å². The zero-order valence-corrected chi connectivity index (χ0v) is 21.9. The Bertz CT molecular complexity index is 1150. The van der Waals surface area contributed by atoms with E-state index in [1.54, 1.807) is 26.1 Å². The first kappa shape index (κ1) is 25.3. The molecule has 2 aromatic carbocycles. The van der Waals surface area contributed by atoms with Crippen molar-refractivity contribution >= 4 is 62.2 Å². The minimum absolute atomic E-state index is 0.157. The number of hydrogen-bond donors (Lipinski definition) is 0. The quantitative estimate of drug-likeness (QED) is 0.366. The molecule has 0 N–H and O–H groups in total. The number of aliphatic imine (C=N–C) groups is 1. The summed E-state index contributed by atoms with van der Waals surface area (Å²) in [6.07, 6.45) is 1.75. The zero-order valence-electron chi connectivity index (χ0n) is 19.5. The molecule has 2 heterocycles. The summed E-state index contributed by atoms with van der Waals surface area (Å²) < 4.78 is 16.8. The first-order valence-corrected chi connectivity index (χ1v) is 12.8. The van der Waals surface area contributed by atoms with Crippen LogP contribution in [-0.4, -0.2) is 68.5 Å². The molecule has 0 aromatic heterocycles. The number of nitrogens with zero attached hydrogens (tertiary/aromatic N) is 3. The summed E-state index contributed by atoms with van der Waals surface area (Å²) in [6.45, 7) is 5.03. The Kier molecular flexibility index (Phi) is 8.48. The zero-order chi connectivity index (χ0) is 24.8. The number of morpholine rings is 1. The molecular formula is C25H26BrN3O5S. The lowest BCUT2D eigenvalue weighted by atomic mass is 10.2. The topological polar surface area (TPSA) is 80.7 Å². The van der Waals surface area contributed by atoms with Crippen LogP contribution >= 0.6 is 27.7 Å². The van der Waals surface area contributed by atoms with E-state index in [4.69, 9.17) is 14.2 Å². The number of carbonyl (C=O) groups is 2. The van der Waals surface area contributed by atoms with Crippen LogP contribution in [0.5, 0.6) is 5.75 Å². The molecule has 0 saturated carbocycles. The van der Waals surface area contributed by atoms with Gasteiger partial charge >= 0.3 is 5.97 Å². The Balaban J connectivity index is 1.51. The predicted molar refractivity (Wildman–Crippen MR) is 141 cm³/mol. The molecule has 1 amide bonds. The predicted octanol–water partition coefficient (Wildman–Crippen LogP) is 4.46. The molecule has 2 aliphatic rings. The summed E-state index contributed by atoms with van der Waals surface area (Å²) in [4.78, 5) is 33.6. The van der Waals surface area contributed by atoms with Gasteiger partial charge in [-0.3, -0.25) is 9.69 Å². The lowest BCUT2D eigenvalue weighted by Gasteiger charge is -2.28. The van der Waals surface area contributed by atoms with Gasteiger partial charge in [0.1, 0.15) is 5.75 Å². The van der Waals surface area contributed by atoms with Gasteiger partial charge in [0.05, 0.1) is 30.4 Å². The van der Waals surface area contributed by atoms with Crippen molar-refractivity contribution in [3.05, 3.63) is 57.4 Å². The maximum absolute atomic E-state index is 12.9. The summed E-state index contributed by atoms with van der Waals surface area (Å²) >= 11 is 4.75. The number of halogens is 1. The van der Waals surface area contributed by atoms with Crippen LogP contribution in [-0.2, 0) is 19.1 Å². The molecule has 2 saturated heterocycles. The number of anilines is 1. The summed E-state index contributed by atoms with van der Waals surface area (Å²) in [6, 6.07) is 13.4. The Labute approximate surface area is 217 Å². The second-order valence-electron chi connectivity index (χ2n) is 7.76. The second kappa shape index (κ2) is 11.7. The molecular weight excluding hydrogens is 534 g/mol. The number of rotatable bonds is 7. The maximum Gasteiger partial charge on any atom is 0.344 e. The van der Waals surface area contributed by atoms with Crippen molar-refractivity contribution in [1.29, 1.82) is 0 Å². The van der Waals surface area contributed by atoms with Crippen molar-refractivity contribution in [1.82, 2.24) is 4.90 Å². The summed E-state index contributed by atoms with van der Waals surface area (Å²) in [5.41, 5.74) is 2.57. The largest absolute Gasteiger partial charge is 0.481 e. The first-order valence-electron chi connectivity index (χ1n) is 11.2. The van der Waals surface area contributed by atoms with E-state index in [-0.39, 0.29) is 19.1 Å². The van der Waals surface area contributed by atoms with E-state index < -0.39 is 5.97 Å². The number of esters is 1. The molecule has 4 rings (SSSR count). The van der Waals surface area contributed by atoms with E-state index in [2.05, 4.69) is 25.8 Å². The monoisotopic (exact) mass is 559 g/mol. The highest BCUT2D eigenvalue weighted by molar-refractivity contribution is 9.10. The molecule has 10 heteroatoms. The van der Waals surface area contributed by atoms with Gasteiger partial charge in [-0.1, -0.05) is 15.9 Å². The fourth-order valence-corrected chi connectivity index (χ4v) is 4.92. The van der Waals surface area contributed by atoms with E-state index in [0.29, 0.717) is 21.4 Å². The minimum atomic E-state index is -0.450. The molecule has 0 radical (unpaired) electrons. The number of amidine groups is 1. The molecule has 0 aliphatic carbocycles. The normalized spacial score (nSPS) is 18.4. The van der Waals surface area contributed by atoms with Crippen molar-refractivity contribution < 1.29 is 23.8 Å². The average Bonchev–Trinajstić information content (AvgIpc) is 3.12. The second-order valence-corrected chi connectivity index (χ2v) is 9.69. The summed E-state index contributed by atoms with van der Waals surface area (Å²) in [5, 5.41) is 0.587. The van der Waals surface area contributed by atoms with Crippen molar-refractivity contribution in [3.63, 3.8) is 0 Å². The fourth-order valence-electron chi connectivity index (χ4n) is 3.57. The van der Waals surface area contributed by atoms with Gasteiger partial charge in [0.25, 0.3) is 5.91 Å². The van der Waals surface area contributed by atoms with Crippen molar-refractivity contribution in [3.8, 4) is 5.75 Å². The standard InChI is InChI=1S/C25H26BrN3O5S/c1-3-33-23(30)16-34-21-9-4-18(26)14-17(21)15-22-24(31)28(2)25(35-22)27-19-5-7-20(8-6-19)29-10-12-32-13-11-29/h4-9,14-15H,3,10-13,16H2,1-2H3/b22-15-,27-25?. The first-order chi connectivity index (χ1) is 16.9. The van der Waals surface area contributed by atoms with Crippen molar-refractivity contribution in [2.45, 2.75) is 6.92 Å². The lowest BCUT2D eigenvalue weighted by molar-refractivity contribution is -0.145. The smallest absolute Gasteiger partial charge is 0.344 e. The third kappa shape index (κ3) is 6.45. The number of carbonyl (C=O) groups excluding carboxylic acids is 2. The molecule has 2 aliphatic heterocycles. The van der Waals surface area contributed by atoms with Gasteiger partial charge in [-0.05, 0) is 67.2 Å². The van der Waals surface area contributed by atoms with Crippen molar-refractivity contribution in [2.75, 3.05) is 51.5 Å². The van der Waals surface area contributed by atoms with Crippen molar-refractivity contribution in [2.24, 2.45) is 4.99 Å². The molecule has 8 nitrogen and oxygen atoms in total. The van der Waals surface area contributed by atoms with E-state index >= 15 is 0 Å². The third-order valence-corrected chi connectivity index (χ3v) is 6.92. The summed E-state index contributed by atoms with van der Waals surface area (Å²) in [5.74, 6) is -0.127. The third-order valence-electron chi connectivity index (χ3n) is 5.36. The van der Waals surface area contributed by atoms with Crippen LogP contribution in [0.3, 0.4) is 0 Å². The molecule has 2 fully saturated rings. The number of amides is 1. The van der Waals surface area contributed by atoms with E-state index in [0.717, 1.165) is 42.2 Å². The van der Waals surface area contributed by atoms with Crippen LogP contribution in [0.4, 0.5) is 11.4 Å². The highest BCUT2D eigenvalue weighted by Crippen LogP contribution is 2.35. The van der Waals surface area contributed by atoms with Crippen LogP contribution < -0.4 is 9.64 Å².